The maximum absolute atomic E-state index is 13.1. The smallest absolute Gasteiger partial charge is 0.311 e. The highest BCUT2D eigenvalue weighted by atomic mass is 79.9. The first-order chi connectivity index (χ1) is 14.4. The van der Waals surface area contributed by atoms with Crippen LogP contribution in [0, 0.1) is 34.4 Å². The van der Waals surface area contributed by atoms with Crippen molar-refractivity contribution in [3.8, 4) is 17.6 Å². The zero-order valence-electron chi connectivity index (χ0n) is 16.5. The van der Waals surface area contributed by atoms with Crippen molar-refractivity contribution in [1.29, 1.82) is 5.26 Å². The highest BCUT2D eigenvalue weighted by Crippen LogP contribution is 2.65. The van der Waals surface area contributed by atoms with Gasteiger partial charge in [-0.1, -0.05) is 65.1 Å². The van der Waals surface area contributed by atoms with Crippen LogP contribution in [0.25, 0.3) is 0 Å². The van der Waals surface area contributed by atoms with Crippen molar-refractivity contribution in [2.24, 2.45) is 17.3 Å². The van der Waals surface area contributed by atoms with Crippen LogP contribution in [0.4, 0.5) is 4.39 Å². The summed E-state index contributed by atoms with van der Waals surface area (Å²) in [7, 11) is 0. The summed E-state index contributed by atoms with van der Waals surface area (Å²) in [6.07, 6.45) is -1.11. The fraction of sp³-hybridized carbons (Fsp3) is 0.364. The number of carbonyl (C=O) groups excluding carboxylic acids is 1. The van der Waals surface area contributed by atoms with E-state index in [-0.39, 0.29) is 11.7 Å². The molecule has 0 heterocycles. The Morgan fingerprint density at radius 1 is 1.23 bits per heavy atom. The topological polar surface area (TPSA) is 59.3 Å². The van der Waals surface area contributed by atoms with Crippen molar-refractivity contribution in [3.63, 3.8) is 0 Å². The number of carbonyl (C=O) groups is 1. The highest BCUT2D eigenvalue weighted by molar-refractivity contribution is 9.13. The van der Waals surface area contributed by atoms with Gasteiger partial charge in [-0.25, -0.2) is 4.39 Å². The standard InChI is InChI=1S/C22H18Br2Cl2FNO3/c1-21(2)17(19(23)22(24,25)26)18(21)20(29)31-16(11-28)12-4-3-5-15(10-12)30-14-8-6-13(27)7-9-14/h3-10,16-19H,1-2H3/t16?,17-,18+,19+/m1/s1. The number of alkyl halides is 4. The maximum atomic E-state index is 13.1. The summed E-state index contributed by atoms with van der Waals surface area (Å²) in [5.41, 5.74) is 0.0621. The number of esters is 1. The molecule has 1 aliphatic carbocycles. The molecule has 0 aromatic heterocycles. The van der Waals surface area contributed by atoms with E-state index in [0.29, 0.717) is 17.1 Å². The van der Waals surface area contributed by atoms with Gasteiger partial charge >= 0.3 is 5.97 Å². The molecular formula is C22H18Br2Cl2FNO3. The second kappa shape index (κ2) is 9.27. The molecule has 1 fully saturated rings. The minimum Gasteiger partial charge on any atom is -0.457 e. The first kappa shape index (κ1) is 24.3. The third kappa shape index (κ3) is 5.54. The molecule has 9 heteroatoms. The maximum Gasteiger partial charge on any atom is 0.311 e. The minimum absolute atomic E-state index is 0.179. The van der Waals surface area contributed by atoms with E-state index in [4.69, 9.17) is 32.7 Å². The van der Waals surface area contributed by atoms with Crippen LogP contribution in [-0.4, -0.2) is 14.0 Å². The van der Waals surface area contributed by atoms with Crippen LogP contribution in [0.2, 0.25) is 0 Å². The van der Waals surface area contributed by atoms with E-state index in [9.17, 15) is 14.4 Å². The summed E-state index contributed by atoms with van der Waals surface area (Å²) in [6.45, 7) is 3.84. The third-order valence-corrected chi connectivity index (χ3v) is 8.72. The summed E-state index contributed by atoms with van der Waals surface area (Å²) in [4.78, 5) is 12.5. The lowest BCUT2D eigenvalue weighted by molar-refractivity contribution is -0.149. The first-order valence-corrected chi connectivity index (χ1v) is 11.8. The van der Waals surface area contributed by atoms with E-state index in [2.05, 4.69) is 31.9 Å². The molecule has 0 N–H and O–H groups in total. The second-order valence-corrected chi connectivity index (χ2v) is 12.4. The van der Waals surface area contributed by atoms with Crippen LogP contribution in [0.5, 0.6) is 11.5 Å². The van der Waals surface area contributed by atoms with Crippen LogP contribution >= 0.6 is 55.1 Å². The molecule has 0 radical (unpaired) electrons. The molecule has 0 aliphatic heterocycles. The van der Waals surface area contributed by atoms with Crippen molar-refractivity contribution < 1.29 is 18.7 Å². The van der Waals surface area contributed by atoms with Crippen molar-refractivity contribution in [3.05, 3.63) is 59.9 Å². The molecule has 4 nitrogen and oxygen atoms in total. The Morgan fingerprint density at radius 2 is 1.87 bits per heavy atom. The van der Waals surface area contributed by atoms with Crippen LogP contribution in [-0.2, 0) is 9.53 Å². The Bertz CT molecular complexity index is 1010. The Kier molecular flexibility index (Phi) is 7.27. The zero-order valence-corrected chi connectivity index (χ0v) is 21.2. The molecule has 4 atom stereocenters. The predicted molar refractivity (Wildman–Crippen MR) is 124 cm³/mol. The minimum atomic E-state index is -1.25. The lowest BCUT2D eigenvalue weighted by Crippen LogP contribution is -2.24. The SMILES string of the molecule is CC1(C)[C@@H]([C@H](Br)C(Cl)(Cl)Br)[C@H]1C(=O)OC(C#N)c1cccc(Oc2ccc(F)cc2)c1. The number of hydrogen-bond acceptors (Lipinski definition) is 4. The van der Waals surface area contributed by atoms with E-state index in [1.54, 1.807) is 24.3 Å². The summed E-state index contributed by atoms with van der Waals surface area (Å²) >= 11 is 18.9. The number of halogens is 5. The molecule has 31 heavy (non-hydrogen) atoms. The summed E-state index contributed by atoms with van der Waals surface area (Å²) in [6, 6.07) is 14.2. The molecule has 1 unspecified atom stereocenters. The van der Waals surface area contributed by atoms with E-state index in [1.165, 1.54) is 24.3 Å². The number of hydrogen-bond donors (Lipinski definition) is 0. The highest BCUT2D eigenvalue weighted by Gasteiger charge is 2.67. The van der Waals surface area contributed by atoms with Crippen molar-refractivity contribution >= 4 is 61.0 Å². The van der Waals surface area contributed by atoms with Crippen molar-refractivity contribution in [2.45, 2.75) is 28.0 Å². The largest absolute Gasteiger partial charge is 0.457 e. The number of nitrogens with zero attached hydrogens (tertiary/aromatic N) is 1. The van der Waals surface area contributed by atoms with Gasteiger partial charge in [0.1, 0.15) is 23.4 Å². The van der Waals surface area contributed by atoms with Crippen LogP contribution in [0.3, 0.4) is 0 Å². The number of rotatable bonds is 7. The molecule has 0 bridgehead atoms. The lowest BCUT2D eigenvalue weighted by Gasteiger charge is -2.20. The summed E-state index contributed by atoms with van der Waals surface area (Å²) in [5.74, 6) is -0.650. The Labute approximate surface area is 206 Å². The Morgan fingerprint density at radius 3 is 2.45 bits per heavy atom. The third-order valence-electron chi connectivity index (χ3n) is 5.35. The van der Waals surface area contributed by atoms with Crippen LogP contribution < -0.4 is 4.74 Å². The summed E-state index contributed by atoms with van der Waals surface area (Å²) in [5, 5.41) is 9.61. The van der Waals surface area contributed by atoms with E-state index < -0.39 is 31.5 Å². The van der Waals surface area contributed by atoms with Crippen molar-refractivity contribution in [2.75, 3.05) is 0 Å². The molecule has 1 aliphatic rings. The predicted octanol–water partition coefficient (Wildman–Crippen LogP) is 7.29. The normalized spacial score (nSPS) is 21.5. The molecule has 2 aromatic rings. The van der Waals surface area contributed by atoms with Gasteiger partial charge in [-0.15, -0.1) is 0 Å². The number of nitriles is 1. The van der Waals surface area contributed by atoms with Gasteiger partial charge in [0.2, 0.25) is 6.10 Å². The molecule has 0 spiro atoms. The van der Waals surface area contributed by atoms with Gasteiger partial charge in [-0.3, -0.25) is 4.79 Å². The molecular weight excluding hydrogens is 576 g/mol. The molecule has 164 valence electrons. The van der Waals surface area contributed by atoms with Crippen LogP contribution in [0.1, 0.15) is 25.5 Å². The monoisotopic (exact) mass is 591 g/mol. The van der Waals surface area contributed by atoms with Gasteiger partial charge in [0.05, 0.1) is 10.7 Å². The first-order valence-electron chi connectivity index (χ1n) is 9.29. The second-order valence-electron chi connectivity index (χ2n) is 7.84. The Hall–Kier alpha value is -1.33. The van der Waals surface area contributed by atoms with E-state index in [0.717, 1.165) is 0 Å². The molecule has 3 rings (SSSR count). The van der Waals surface area contributed by atoms with Gasteiger partial charge in [0, 0.05) is 5.56 Å². The number of benzene rings is 2. The quantitative estimate of drug-likeness (QED) is 0.250. The lowest BCUT2D eigenvalue weighted by atomic mass is 10.1. The van der Waals surface area contributed by atoms with Gasteiger partial charge in [-0.2, -0.15) is 5.26 Å². The average molecular weight is 594 g/mol. The molecule has 2 aromatic carbocycles. The van der Waals surface area contributed by atoms with Gasteiger partial charge < -0.3 is 9.47 Å². The van der Waals surface area contributed by atoms with Crippen LogP contribution in [0.15, 0.2) is 48.5 Å². The van der Waals surface area contributed by atoms with E-state index in [1.807, 2.05) is 19.9 Å². The summed E-state index contributed by atoms with van der Waals surface area (Å²) < 4.78 is 23.1. The fourth-order valence-electron chi connectivity index (χ4n) is 3.62. The fourth-order valence-corrected chi connectivity index (χ4v) is 5.16. The molecule has 1 saturated carbocycles. The van der Waals surface area contributed by atoms with Gasteiger partial charge in [0.15, 0.2) is 3.24 Å². The van der Waals surface area contributed by atoms with Gasteiger partial charge in [0.25, 0.3) is 0 Å². The molecule has 0 amide bonds. The van der Waals surface area contributed by atoms with Gasteiger partial charge in [-0.05, 0) is 63.7 Å². The number of ether oxygens (including phenoxy) is 2. The molecule has 0 saturated heterocycles. The van der Waals surface area contributed by atoms with E-state index >= 15 is 0 Å². The van der Waals surface area contributed by atoms with Crippen molar-refractivity contribution in [1.82, 2.24) is 0 Å². The zero-order chi connectivity index (χ0) is 23.0. The Balaban J connectivity index is 1.72. The average Bonchev–Trinajstić information content (AvgIpc) is 3.28.